The van der Waals surface area contributed by atoms with Crippen LogP contribution in [0.15, 0.2) is 23.1 Å². The minimum Gasteiger partial charge on any atom is -0.398 e. The van der Waals surface area contributed by atoms with Gasteiger partial charge in [0.15, 0.2) is 0 Å². The molecule has 2 fully saturated rings. The molecule has 2 unspecified atom stereocenters. The average Bonchev–Trinajstić information content (AvgIpc) is 3.14. The Labute approximate surface area is 123 Å². The van der Waals surface area contributed by atoms with Crippen molar-refractivity contribution in [3.8, 4) is 0 Å². The van der Waals surface area contributed by atoms with Gasteiger partial charge in [0.25, 0.3) is 0 Å². The second-order valence-electron chi connectivity index (χ2n) is 5.37. The van der Waals surface area contributed by atoms with Crippen LogP contribution in [0, 0.1) is 5.92 Å². The molecule has 1 aliphatic heterocycles. The number of rotatable bonds is 4. The Morgan fingerprint density at radius 3 is 2.70 bits per heavy atom. The van der Waals surface area contributed by atoms with Crippen LogP contribution in [-0.2, 0) is 14.8 Å². The summed E-state index contributed by atoms with van der Waals surface area (Å²) in [6, 6.07) is 4.19. The van der Waals surface area contributed by atoms with E-state index in [0.717, 1.165) is 12.8 Å². The summed E-state index contributed by atoms with van der Waals surface area (Å²) in [5.74, 6) is 0.500. The Bertz CT molecular complexity index is 616. The number of hydrogen-bond acceptors (Lipinski definition) is 4. The summed E-state index contributed by atoms with van der Waals surface area (Å²) >= 11 is 5.88. The van der Waals surface area contributed by atoms with E-state index < -0.39 is 10.0 Å². The fourth-order valence-electron chi connectivity index (χ4n) is 2.57. The number of nitrogens with one attached hydrogen (secondary N) is 1. The molecule has 1 heterocycles. The van der Waals surface area contributed by atoms with Crippen molar-refractivity contribution in [1.29, 1.82) is 0 Å². The molecule has 20 heavy (non-hydrogen) atoms. The van der Waals surface area contributed by atoms with E-state index in [1.54, 1.807) is 0 Å². The highest BCUT2D eigenvalue weighted by molar-refractivity contribution is 7.89. The second kappa shape index (κ2) is 5.18. The molecule has 1 saturated heterocycles. The SMILES string of the molecule is Nc1ccc(S(=O)(=O)NC2CCOC2C2CC2)cc1Cl. The van der Waals surface area contributed by atoms with Crippen LogP contribution < -0.4 is 10.5 Å². The lowest BCUT2D eigenvalue weighted by atomic mass is 10.1. The maximum absolute atomic E-state index is 12.4. The van der Waals surface area contributed by atoms with Crippen molar-refractivity contribution in [2.75, 3.05) is 12.3 Å². The molecule has 0 spiro atoms. The first-order valence-electron chi connectivity index (χ1n) is 6.66. The zero-order valence-corrected chi connectivity index (χ0v) is 12.5. The van der Waals surface area contributed by atoms with Crippen molar-refractivity contribution >= 4 is 27.3 Å². The Balaban J connectivity index is 1.79. The summed E-state index contributed by atoms with van der Waals surface area (Å²) < 4.78 is 33.1. The van der Waals surface area contributed by atoms with Crippen LogP contribution in [0.3, 0.4) is 0 Å². The van der Waals surface area contributed by atoms with Crippen LogP contribution in [0.2, 0.25) is 5.02 Å². The van der Waals surface area contributed by atoms with Crippen LogP contribution in [0.1, 0.15) is 19.3 Å². The average molecular weight is 317 g/mol. The van der Waals surface area contributed by atoms with E-state index in [-0.39, 0.29) is 22.1 Å². The number of benzene rings is 1. The molecule has 5 nitrogen and oxygen atoms in total. The number of anilines is 1. The van der Waals surface area contributed by atoms with Crippen molar-refractivity contribution in [1.82, 2.24) is 4.72 Å². The van der Waals surface area contributed by atoms with Gasteiger partial charge in [-0.2, -0.15) is 0 Å². The summed E-state index contributed by atoms with van der Waals surface area (Å²) in [6.07, 6.45) is 2.96. The Kier molecular flexibility index (Phi) is 3.66. The van der Waals surface area contributed by atoms with Gasteiger partial charge in [0.2, 0.25) is 10.0 Å². The summed E-state index contributed by atoms with van der Waals surface area (Å²) in [7, 11) is -3.59. The molecule has 1 saturated carbocycles. The predicted octanol–water partition coefficient (Wildman–Crippen LogP) is 1.77. The lowest BCUT2D eigenvalue weighted by Crippen LogP contribution is -2.41. The zero-order chi connectivity index (χ0) is 14.3. The third-order valence-electron chi connectivity index (χ3n) is 3.81. The number of nitrogens with two attached hydrogens (primary N) is 1. The first kappa shape index (κ1) is 14.1. The number of nitrogen functional groups attached to an aromatic ring is 1. The van der Waals surface area contributed by atoms with Crippen molar-refractivity contribution in [3.63, 3.8) is 0 Å². The third kappa shape index (κ3) is 2.79. The summed E-state index contributed by atoms with van der Waals surface area (Å²) in [5, 5.41) is 0.245. The molecule has 1 aliphatic carbocycles. The minimum absolute atomic E-state index is 0.00836. The van der Waals surface area contributed by atoms with Gasteiger partial charge in [-0.15, -0.1) is 0 Å². The molecule has 0 bridgehead atoms. The highest BCUT2D eigenvalue weighted by Gasteiger charge is 2.42. The summed E-state index contributed by atoms with van der Waals surface area (Å²) in [4.78, 5) is 0.137. The topological polar surface area (TPSA) is 81.4 Å². The lowest BCUT2D eigenvalue weighted by molar-refractivity contribution is 0.0848. The van der Waals surface area contributed by atoms with E-state index in [2.05, 4.69) is 4.72 Å². The quantitative estimate of drug-likeness (QED) is 0.829. The van der Waals surface area contributed by atoms with Crippen molar-refractivity contribution in [3.05, 3.63) is 23.2 Å². The monoisotopic (exact) mass is 316 g/mol. The van der Waals surface area contributed by atoms with Crippen LogP contribution in [0.5, 0.6) is 0 Å². The lowest BCUT2D eigenvalue weighted by Gasteiger charge is -2.19. The van der Waals surface area contributed by atoms with Gasteiger partial charge in [-0.3, -0.25) is 0 Å². The molecule has 0 amide bonds. The fourth-order valence-corrected chi connectivity index (χ4v) is 4.12. The smallest absolute Gasteiger partial charge is 0.240 e. The molecule has 2 atom stereocenters. The highest BCUT2D eigenvalue weighted by atomic mass is 35.5. The molecule has 0 aromatic heterocycles. The molecular formula is C13H17ClN2O3S. The Hall–Kier alpha value is -0.820. The van der Waals surface area contributed by atoms with Gasteiger partial charge in [0, 0.05) is 6.61 Å². The van der Waals surface area contributed by atoms with Gasteiger partial charge < -0.3 is 10.5 Å². The first-order valence-corrected chi connectivity index (χ1v) is 8.52. The van der Waals surface area contributed by atoms with Gasteiger partial charge in [0.05, 0.1) is 27.8 Å². The molecule has 1 aromatic carbocycles. The van der Waals surface area contributed by atoms with E-state index in [4.69, 9.17) is 22.1 Å². The van der Waals surface area contributed by atoms with Crippen molar-refractivity contribution in [2.24, 2.45) is 5.92 Å². The fraction of sp³-hybridized carbons (Fsp3) is 0.538. The molecule has 3 rings (SSSR count). The molecule has 3 N–H and O–H groups in total. The second-order valence-corrected chi connectivity index (χ2v) is 7.49. The standard InChI is InChI=1S/C13H17ClN2O3S/c14-10-7-9(3-4-11(10)15)20(17,18)16-12-5-6-19-13(12)8-1-2-8/h3-4,7-8,12-13,16H,1-2,5-6,15H2. The molecule has 0 radical (unpaired) electrons. The Morgan fingerprint density at radius 1 is 1.30 bits per heavy atom. The molecule has 110 valence electrons. The maximum Gasteiger partial charge on any atom is 0.240 e. The van der Waals surface area contributed by atoms with Crippen molar-refractivity contribution in [2.45, 2.75) is 36.3 Å². The highest BCUT2D eigenvalue weighted by Crippen LogP contribution is 2.39. The number of ether oxygens (including phenoxy) is 1. The minimum atomic E-state index is -3.59. The van der Waals surface area contributed by atoms with E-state index in [0.29, 0.717) is 24.6 Å². The van der Waals surface area contributed by atoms with E-state index in [1.165, 1.54) is 18.2 Å². The van der Waals surface area contributed by atoms with Gasteiger partial charge in [-0.1, -0.05) is 11.6 Å². The Morgan fingerprint density at radius 2 is 2.05 bits per heavy atom. The maximum atomic E-state index is 12.4. The van der Waals surface area contributed by atoms with Gasteiger partial charge in [-0.05, 0) is 43.4 Å². The summed E-state index contributed by atoms with van der Waals surface area (Å²) in [6.45, 7) is 0.608. The van der Waals surface area contributed by atoms with Crippen molar-refractivity contribution < 1.29 is 13.2 Å². The van der Waals surface area contributed by atoms with Crippen LogP contribution >= 0.6 is 11.6 Å². The van der Waals surface area contributed by atoms with E-state index in [1.807, 2.05) is 0 Å². The number of hydrogen-bond donors (Lipinski definition) is 2. The number of halogens is 1. The largest absolute Gasteiger partial charge is 0.398 e. The first-order chi connectivity index (χ1) is 9.47. The zero-order valence-electron chi connectivity index (χ0n) is 10.9. The van der Waals surface area contributed by atoms with Gasteiger partial charge >= 0.3 is 0 Å². The molecule has 1 aromatic rings. The number of sulfonamides is 1. The third-order valence-corrected chi connectivity index (χ3v) is 5.63. The molecule has 7 heteroatoms. The van der Waals surface area contributed by atoms with Crippen LogP contribution in [0.4, 0.5) is 5.69 Å². The normalized spacial score (nSPS) is 26.9. The van der Waals surface area contributed by atoms with Crippen LogP contribution in [-0.4, -0.2) is 27.2 Å². The van der Waals surface area contributed by atoms with Gasteiger partial charge in [0.1, 0.15) is 0 Å². The molecule has 2 aliphatic rings. The van der Waals surface area contributed by atoms with Gasteiger partial charge in [-0.25, -0.2) is 13.1 Å². The molecular weight excluding hydrogens is 300 g/mol. The summed E-state index contributed by atoms with van der Waals surface area (Å²) in [5.41, 5.74) is 5.96. The van der Waals surface area contributed by atoms with Crippen LogP contribution in [0.25, 0.3) is 0 Å². The van der Waals surface area contributed by atoms with E-state index in [9.17, 15) is 8.42 Å². The van der Waals surface area contributed by atoms with E-state index >= 15 is 0 Å². The predicted molar refractivity (Wildman–Crippen MR) is 77.1 cm³/mol.